The molecule has 1 aliphatic heterocycles. The highest BCUT2D eigenvalue weighted by atomic mass is 16.7. The number of hydrogen-bond acceptors (Lipinski definition) is 3. The van der Waals surface area contributed by atoms with Gasteiger partial charge in [-0.1, -0.05) is 18.2 Å². The summed E-state index contributed by atoms with van der Waals surface area (Å²) in [7, 11) is 0. The number of fused-ring (bicyclic) bond motifs is 1. The lowest BCUT2D eigenvalue weighted by Crippen LogP contribution is -2.38. The minimum atomic E-state index is -1.48. The van der Waals surface area contributed by atoms with Crippen LogP contribution in [0.15, 0.2) is 24.3 Å². The van der Waals surface area contributed by atoms with Gasteiger partial charge < -0.3 is 5.11 Å². The highest BCUT2D eigenvalue weighted by molar-refractivity contribution is 6.04. The van der Waals surface area contributed by atoms with E-state index in [1.807, 2.05) is 0 Å². The Hall–Kier alpha value is -1.39. The number of carbonyl (C=O) groups excluding carboxylic acids is 1. The monoisotopic (exact) mass is 207 g/mol. The standard InChI is InChI=1S/C11H13NO3/c1-3-15-12-9-7-5-4-6-8(9)11(2,14)10(12)13/h4-7,14H,3H2,1-2H3. The first-order valence-corrected chi connectivity index (χ1v) is 4.88. The van der Waals surface area contributed by atoms with Gasteiger partial charge in [0.2, 0.25) is 0 Å². The third kappa shape index (κ3) is 1.33. The number of anilines is 1. The molecular formula is C11H13NO3. The molecule has 0 saturated heterocycles. The second kappa shape index (κ2) is 3.32. The molecule has 1 amide bonds. The lowest BCUT2D eigenvalue weighted by Gasteiger charge is -2.17. The van der Waals surface area contributed by atoms with Gasteiger partial charge in [-0.05, 0) is 19.9 Å². The summed E-state index contributed by atoms with van der Waals surface area (Å²) in [4.78, 5) is 17.0. The summed E-state index contributed by atoms with van der Waals surface area (Å²) in [6, 6.07) is 7.08. The molecule has 1 heterocycles. The number of nitrogens with zero attached hydrogens (tertiary/aromatic N) is 1. The minimum absolute atomic E-state index is 0.385. The average Bonchev–Trinajstić information content (AvgIpc) is 2.42. The number of aliphatic hydroxyl groups is 1. The number of hydrogen-bond donors (Lipinski definition) is 1. The molecule has 2 rings (SSSR count). The van der Waals surface area contributed by atoms with Crippen LogP contribution in [0.4, 0.5) is 5.69 Å². The third-order valence-corrected chi connectivity index (χ3v) is 2.51. The van der Waals surface area contributed by atoms with Gasteiger partial charge in [-0.15, -0.1) is 0 Å². The van der Waals surface area contributed by atoms with Gasteiger partial charge in [0.15, 0.2) is 5.60 Å². The molecule has 0 radical (unpaired) electrons. The Morgan fingerprint density at radius 3 is 2.80 bits per heavy atom. The SMILES string of the molecule is CCON1C(=O)C(C)(O)c2ccccc21. The Bertz CT molecular complexity index is 401. The van der Waals surface area contributed by atoms with E-state index in [-0.39, 0.29) is 0 Å². The van der Waals surface area contributed by atoms with Crippen LogP contribution in [-0.4, -0.2) is 17.6 Å². The van der Waals surface area contributed by atoms with Crippen molar-refractivity contribution in [3.05, 3.63) is 29.8 Å². The predicted octanol–water partition coefficient (Wildman–Crippen LogP) is 1.19. The van der Waals surface area contributed by atoms with Crippen molar-refractivity contribution in [1.29, 1.82) is 0 Å². The van der Waals surface area contributed by atoms with Crippen molar-refractivity contribution in [2.45, 2.75) is 19.4 Å². The van der Waals surface area contributed by atoms with Crippen LogP contribution in [0.1, 0.15) is 19.4 Å². The predicted molar refractivity (Wildman–Crippen MR) is 55.1 cm³/mol. The van der Waals surface area contributed by atoms with Crippen molar-refractivity contribution < 1.29 is 14.7 Å². The molecule has 1 aromatic carbocycles. The second-order valence-electron chi connectivity index (χ2n) is 3.61. The van der Waals surface area contributed by atoms with Gasteiger partial charge in [-0.3, -0.25) is 9.63 Å². The van der Waals surface area contributed by atoms with E-state index in [1.165, 1.54) is 6.92 Å². The number of amides is 1. The molecule has 1 unspecified atom stereocenters. The Morgan fingerprint density at radius 1 is 1.47 bits per heavy atom. The van der Waals surface area contributed by atoms with E-state index in [1.54, 1.807) is 31.2 Å². The van der Waals surface area contributed by atoms with Gasteiger partial charge in [0.25, 0.3) is 5.91 Å². The molecule has 0 saturated carbocycles. The Balaban J connectivity index is 2.52. The van der Waals surface area contributed by atoms with Crippen LogP contribution in [0.3, 0.4) is 0 Å². The second-order valence-corrected chi connectivity index (χ2v) is 3.61. The van der Waals surface area contributed by atoms with Gasteiger partial charge in [0.05, 0.1) is 12.3 Å². The first kappa shape index (κ1) is 10.1. The van der Waals surface area contributed by atoms with E-state index in [0.717, 1.165) is 5.06 Å². The van der Waals surface area contributed by atoms with E-state index < -0.39 is 11.5 Å². The summed E-state index contributed by atoms with van der Waals surface area (Å²) in [5.74, 6) is -0.439. The highest BCUT2D eigenvalue weighted by Gasteiger charge is 2.46. The van der Waals surface area contributed by atoms with Crippen LogP contribution in [0.5, 0.6) is 0 Å². The lowest BCUT2D eigenvalue weighted by atomic mass is 9.98. The van der Waals surface area contributed by atoms with E-state index >= 15 is 0 Å². The number of rotatable bonds is 2. The Labute approximate surface area is 88.0 Å². The molecule has 4 nitrogen and oxygen atoms in total. The molecule has 15 heavy (non-hydrogen) atoms. The molecule has 0 spiro atoms. The summed E-state index contributed by atoms with van der Waals surface area (Å²) in [6.45, 7) is 3.66. The van der Waals surface area contributed by atoms with E-state index in [9.17, 15) is 9.90 Å². The molecule has 0 bridgehead atoms. The van der Waals surface area contributed by atoms with Crippen molar-refractivity contribution in [2.24, 2.45) is 0 Å². The van der Waals surface area contributed by atoms with Gasteiger partial charge >= 0.3 is 0 Å². The third-order valence-electron chi connectivity index (χ3n) is 2.51. The number of para-hydroxylation sites is 1. The smallest absolute Gasteiger partial charge is 0.287 e. The fourth-order valence-electron chi connectivity index (χ4n) is 1.74. The van der Waals surface area contributed by atoms with Crippen LogP contribution in [0.25, 0.3) is 0 Å². The van der Waals surface area contributed by atoms with Crippen LogP contribution in [0.2, 0.25) is 0 Å². The summed E-state index contributed by atoms with van der Waals surface area (Å²) in [5.41, 5.74) is -0.274. The van der Waals surface area contributed by atoms with Gasteiger partial charge in [0.1, 0.15) is 0 Å². The molecule has 0 fully saturated rings. The quantitative estimate of drug-likeness (QED) is 0.792. The van der Waals surface area contributed by atoms with Gasteiger partial charge in [0, 0.05) is 5.56 Å². The van der Waals surface area contributed by atoms with Crippen LogP contribution < -0.4 is 5.06 Å². The number of hydroxylamine groups is 1. The zero-order valence-corrected chi connectivity index (χ0v) is 8.73. The largest absolute Gasteiger partial charge is 0.375 e. The Kier molecular flexibility index (Phi) is 2.25. The molecule has 0 aliphatic carbocycles. The van der Waals surface area contributed by atoms with E-state index in [2.05, 4.69) is 0 Å². The van der Waals surface area contributed by atoms with Crippen molar-refractivity contribution in [2.75, 3.05) is 11.7 Å². The van der Waals surface area contributed by atoms with Crippen molar-refractivity contribution in [3.63, 3.8) is 0 Å². The van der Waals surface area contributed by atoms with Crippen molar-refractivity contribution in [1.82, 2.24) is 0 Å². The molecule has 1 aliphatic rings. The van der Waals surface area contributed by atoms with Gasteiger partial charge in [-0.25, -0.2) is 0 Å². The fourth-order valence-corrected chi connectivity index (χ4v) is 1.74. The number of benzene rings is 1. The highest BCUT2D eigenvalue weighted by Crippen LogP contribution is 2.39. The molecule has 80 valence electrons. The maximum absolute atomic E-state index is 11.8. The number of carbonyl (C=O) groups is 1. The summed E-state index contributed by atoms with van der Waals surface area (Å²) in [5, 5.41) is 11.2. The van der Waals surface area contributed by atoms with E-state index in [4.69, 9.17) is 4.84 Å². The maximum atomic E-state index is 11.8. The average molecular weight is 207 g/mol. The normalized spacial score (nSPS) is 24.5. The molecule has 0 aromatic heterocycles. The fraction of sp³-hybridized carbons (Fsp3) is 0.364. The minimum Gasteiger partial charge on any atom is -0.375 e. The molecule has 1 aromatic rings. The van der Waals surface area contributed by atoms with Crippen molar-refractivity contribution >= 4 is 11.6 Å². The van der Waals surface area contributed by atoms with Gasteiger partial charge in [-0.2, -0.15) is 5.06 Å². The maximum Gasteiger partial charge on any atom is 0.287 e. The van der Waals surface area contributed by atoms with E-state index in [0.29, 0.717) is 17.9 Å². The first-order valence-electron chi connectivity index (χ1n) is 4.88. The lowest BCUT2D eigenvalue weighted by molar-refractivity contribution is -0.141. The van der Waals surface area contributed by atoms with Crippen LogP contribution in [-0.2, 0) is 15.2 Å². The summed E-state index contributed by atoms with van der Waals surface area (Å²) >= 11 is 0. The zero-order chi connectivity index (χ0) is 11.1. The first-order chi connectivity index (χ1) is 7.09. The summed E-state index contributed by atoms with van der Waals surface area (Å²) in [6.07, 6.45) is 0. The molecular weight excluding hydrogens is 194 g/mol. The van der Waals surface area contributed by atoms with Crippen molar-refractivity contribution in [3.8, 4) is 0 Å². The molecule has 1 N–H and O–H groups in total. The molecule has 1 atom stereocenters. The Morgan fingerprint density at radius 2 is 2.13 bits per heavy atom. The zero-order valence-electron chi connectivity index (χ0n) is 8.73. The topological polar surface area (TPSA) is 49.8 Å². The summed E-state index contributed by atoms with van der Waals surface area (Å²) < 4.78 is 0. The van der Waals surface area contributed by atoms with Crippen LogP contribution >= 0.6 is 0 Å². The molecule has 4 heteroatoms. The van der Waals surface area contributed by atoms with Crippen LogP contribution in [0, 0.1) is 0 Å².